The van der Waals surface area contributed by atoms with E-state index in [0.717, 1.165) is 56.2 Å². The normalized spacial score (nSPS) is 10.8. The summed E-state index contributed by atoms with van der Waals surface area (Å²) >= 11 is 0. The maximum Gasteiger partial charge on any atom is 0.160 e. The van der Waals surface area contributed by atoms with Crippen LogP contribution in [0.4, 0.5) is 0 Å². The quantitative estimate of drug-likeness (QED) is 0.260. The molecule has 0 bridgehead atoms. The second-order valence-corrected chi connectivity index (χ2v) is 8.59. The highest BCUT2D eigenvalue weighted by Crippen LogP contribution is 2.31. The molecule has 36 heavy (non-hydrogen) atoms. The topological polar surface area (TPSA) is 38.7 Å². The van der Waals surface area contributed by atoms with E-state index < -0.39 is 0 Å². The third kappa shape index (κ3) is 4.55. The van der Waals surface area contributed by atoms with Crippen molar-refractivity contribution in [2.45, 2.75) is 0 Å². The third-order valence-corrected chi connectivity index (χ3v) is 6.20. The molecule has 0 radical (unpaired) electrons. The minimum absolute atomic E-state index is 0.721. The minimum Gasteiger partial charge on any atom is -0.264 e. The van der Waals surface area contributed by atoms with Crippen LogP contribution in [0.2, 0.25) is 0 Å². The van der Waals surface area contributed by atoms with E-state index in [1.807, 2.05) is 60.8 Å². The average molecular weight is 462 g/mol. The lowest BCUT2D eigenvalue weighted by atomic mass is 9.98. The van der Waals surface area contributed by atoms with E-state index in [0.29, 0.717) is 0 Å². The van der Waals surface area contributed by atoms with Crippen LogP contribution < -0.4 is 0 Å². The third-order valence-electron chi connectivity index (χ3n) is 6.20. The van der Waals surface area contributed by atoms with Crippen LogP contribution >= 0.6 is 0 Å². The summed E-state index contributed by atoms with van der Waals surface area (Å²) in [4.78, 5) is 14.1. The summed E-state index contributed by atoms with van der Waals surface area (Å²) in [5, 5.41) is 0. The van der Waals surface area contributed by atoms with Crippen LogP contribution in [0.15, 0.2) is 140 Å². The molecule has 170 valence electrons. The van der Waals surface area contributed by atoms with Crippen LogP contribution in [0, 0.1) is 0 Å². The van der Waals surface area contributed by atoms with E-state index in [2.05, 4.69) is 77.8 Å². The molecule has 0 saturated carbocycles. The van der Waals surface area contributed by atoms with Gasteiger partial charge in [0.2, 0.25) is 0 Å². The van der Waals surface area contributed by atoms with Crippen LogP contribution in [0.3, 0.4) is 0 Å². The summed E-state index contributed by atoms with van der Waals surface area (Å²) in [6, 6.07) is 43.7. The molecule has 6 aromatic rings. The average Bonchev–Trinajstić information content (AvgIpc) is 2.98. The molecular formula is C33H23N3. The zero-order valence-corrected chi connectivity index (χ0v) is 19.6. The van der Waals surface area contributed by atoms with Crippen molar-refractivity contribution in [2.24, 2.45) is 0 Å². The molecule has 0 aliphatic rings. The predicted molar refractivity (Wildman–Crippen MR) is 147 cm³/mol. The van der Waals surface area contributed by atoms with E-state index in [1.165, 1.54) is 0 Å². The summed E-state index contributed by atoms with van der Waals surface area (Å²) in [5.41, 5.74) is 9.50. The first-order chi connectivity index (χ1) is 17.8. The largest absolute Gasteiger partial charge is 0.264 e. The molecule has 3 nitrogen and oxygen atoms in total. The lowest BCUT2D eigenvalue weighted by Crippen LogP contribution is -1.96. The van der Waals surface area contributed by atoms with Gasteiger partial charge >= 0.3 is 0 Å². The predicted octanol–water partition coefficient (Wildman–Crippen LogP) is 8.21. The van der Waals surface area contributed by atoms with E-state index >= 15 is 0 Å². The monoisotopic (exact) mass is 461 g/mol. The number of nitrogens with zero attached hydrogens (tertiary/aromatic N) is 3. The molecule has 0 spiro atoms. The van der Waals surface area contributed by atoms with Gasteiger partial charge in [0.1, 0.15) is 0 Å². The van der Waals surface area contributed by atoms with Crippen LogP contribution in [0.25, 0.3) is 56.2 Å². The summed E-state index contributed by atoms with van der Waals surface area (Å²) in [6.07, 6.45) is 3.68. The molecule has 0 fully saturated rings. The molecule has 0 saturated heterocycles. The van der Waals surface area contributed by atoms with E-state index in [-0.39, 0.29) is 0 Å². The number of benzene rings is 4. The fraction of sp³-hybridized carbons (Fsp3) is 0. The Morgan fingerprint density at radius 3 is 1.58 bits per heavy atom. The molecule has 4 aromatic carbocycles. The van der Waals surface area contributed by atoms with E-state index in [9.17, 15) is 0 Å². The molecule has 0 aliphatic heterocycles. The molecule has 3 heteroatoms. The maximum atomic E-state index is 4.97. The molecular weight excluding hydrogens is 438 g/mol. The van der Waals surface area contributed by atoms with Gasteiger partial charge in [-0.3, -0.25) is 4.98 Å². The number of aromatic nitrogens is 3. The Hall–Kier alpha value is -4.89. The lowest BCUT2D eigenvalue weighted by Gasteiger charge is -2.11. The van der Waals surface area contributed by atoms with Gasteiger partial charge in [0.25, 0.3) is 0 Å². The first kappa shape index (κ1) is 21.6. The Morgan fingerprint density at radius 1 is 0.361 bits per heavy atom. The van der Waals surface area contributed by atoms with Crippen LogP contribution in [0.5, 0.6) is 0 Å². The van der Waals surface area contributed by atoms with E-state index in [4.69, 9.17) is 9.97 Å². The van der Waals surface area contributed by atoms with Crippen molar-refractivity contribution in [3.8, 4) is 56.2 Å². The van der Waals surface area contributed by atoms with Gasteiger partial charge < -0.3 is 0 Å². The molecule has 0 N–H and O–H groups in total. The Bertz CT molecular complexity index is 1540. The number of hydrogen-bond donors (Lipinski definition) is 0. The van der Waals surface area contributed by atoms with Crippen LogP contribution in [-0.2, 0) is 0 Å². The molecule has 0 amide bonds. The number of hydrogen-bond acceptors (Lipinski definition) is 3. The van der Waals surface area contributed by atoms with Crippen molar-refractivity contribution in [3.63, 3.8) is 0 Å². The maximum absolute atomic E-state index is 4.97. The SMILES string of the molecule is c1ccc(-c2cc(-c3cccc(-c4ccc(-c5cccnc5)cc4)c3)nc(-c3ccccc3)n2)cc1. The smallest absolute Gasteiger partial charge is 0.160 e. The second kappa shape index (κ2) is 9.77. The van der Waals surface area contributed by atoms with Crippen LogP contribution in [-0.4, -0.2) is 15.0 Å². The summed E-state index contributed by atoms with van der Waals surface area (Å²) in [6.45, 7) is 0. The van der Waals surface area contributed by atoms with Crippen molar-refractivity contribution < 1.29 is 0 Å². The van der Waals surface area contributed by atoms with Crippen molar-refractivity contribution >= 4 is 0 Å². The number of pyridine rings is 1. The van der Waals surface area contributed by atoms with Crippen LogP contribution in [0.1, 0.15) is 0 Å². The minimum atomic E-state index is 0.721. The first-order valence-electron chi connectivity index (χ1n) is 11.9. The molecule has 2 aromatic heterocycles. The fourth-order valence-electron chi connectivity index (χ4n) is 4.31. The standard InChI is InChI=1S/C33H23N3/c1-3-9-26(10-4-1)31-22-32(36-33(35-31)27-11-5-2-6-12-27)29-14-7-13-28(21-29)24-16-18-25(19-17-24)30-15-8-20-34-23-30/h1-23H. The van der Waals surface area contributed by atoms with Gasteiger partial charge in [-0.15, -0.1) is 0 Å². The zero-order valence-electron chi connectivity index (χ0n) is 19.6. The summed E-state index contributed by atoms with van der Waals surface area (Å²) in [5.74, 6) is 0.721. The molecule has 2 heterocycles. The van der Waals surface area contributed by atoms with E-state index in [1.54, 1.807) is 6.20 Å². The summed E-state index contributed by atoms with van der Waals surface area (Å²) in [7, 11) is 0. The molecule has 6 rings (SSSR count). The number of rotatable bonds is 5. The lowest BCUT2D eigenvalue weighted by molar-refractivity contribution is 1.18. The van der Waals surface area contributed by atoms with Gasteiger partial charge in [0, 0.05) is 29.1 Å². The van der Waals surface area contributed by atoms with Gasteiger partial charge in [-0.2, -0.15) is 0 Å². The highest BCUT2D eigenvalue weighted by Gasteiger charge is 2.11. The van der Waals surface area contributed by atoms with Crippen molar-refractivity contribution in [3.05, 3.63) is 140 Å². The second-order valence-electron chi connectivity index (χ2n) is 8.59. The van der Waals surface area contributed by atoms with Gasteiger partial charge in [-0.25, -0.2) is 9.97 Å². The Morgan fingerprint density at radius 2 is 0.917 bits per heavy atom. The van der Waals surface area contributed by atoms with Crippen molar-refractivity contribution in [2.75, 3.05) is 0 Å². The zero-order chi connectivity index (χ0) is 24.2. The van der Waals surface area contributed by atoms with Crippen molar-refractivity contribution in [1.29, 1.82) is 0 Å². The van der Waals surface area contributed by atoms with Gasteiger partial charge in [0.05, 0.1) is 11.4 Å². The Kier molecular flexibility index (Phi) is 5.87. The first-order valence-corrected chi connectivity index (χ1v) is 11.9. The van der Waals surface area contributed by atoms with Gasteiger partial charge in [-0.1, -0.05) is 109 Å². The Balaban J connectivity index is 1.41. The van der Waals surface area contributed by atoms with Crippen molar-refractivity contribution in [1.82, 2.24) is 15.0 Å². The van der Waals surface area contributed by atoms with Gasteiger partial charge in [0.15, 0.2) is 5.82 Å². The summed E-state index contributed by atoms with van der Waals surface area (Å²) < 4.78 is 0. The molecule has 0 atom stereocenters. The molecule has 0 aliphatic carbocycles. The fourth-order valence-corrected chi connectivity index (χ4v) is 4.31. The highest BCUT2D eigenvalue weighted by molar-refractivity contribution is 5.76. The highest BCUT2D eigenvalue weighted by atomic mass is 14.9. The van der Waals surface area contributed by atoms with Gasteiger partial charge in [-0.05, 0) is 40.5 Å². The Labute approximate surface area is 210 Å². The molecule has 0 unspecified atom stereocenters.